The lowest BCUT2D eigenvalue weighted by Crippen LogP contribution is -2.59. The average molecular weight is 386 g/mol. The maximum absolute atomic E-state index is 13.3. The number of rotatable bonds is 2. The predicted molar refractivity (Wildman–Crippen MR) is 107 cm³/mol. The fourth-order valence-corrected chi connectivity index (χ4v) is 5.08. The molecule has 1 aromatic rings. The topological polar surface area (TPSA) is 84.1 Å². The summed E-state index contributed by atoms with van der Waals surface area (Å²) in [5.41, 5.74) is -0.601. The zero-order valence-corrected chi connectivity index (χ0v) is 18.0. The zero-order chi connectivity index (χ0) is 21.1. The van der Waals surface area contributed by atoms with Crippen LogP contribution in [0.4, 0.5) is 5.82 Å². The first-order valence-electron chi connectivity index (χ1n) is 9.99. The van der Waals surface area contributed by atoms with Crippen LogP contribution in [0.5, 0.6) is 0 Å². The highest BCUT2D eigenvalue weighted by Gasteiger charge is 2.60. The summed E-state index contributed by atoms with van der Waals surface area (Å²) >= 11 is 0. The van der Waals surface area contributed by atoms with Crippen LogP contribution in [0.3, 0.4) is 0 Å². The van der Waals surface area contributed by atoms with Gasteiger partial charge in [0.05, 0.1) is 18.1 Å². The molecule has 1 saturated carbocycles. The van der Waals surface area contributed by atoms with E-state index in [0.717, 1.165) is 12.2 Å². The van der Waals surface area contributed by atoms with Gasteiger partial charge in [-0.2, -0.15) is 5.26 Å². The van der Waals surface area contributed by atoms with E-state index in [1.54, 1.807) is 20.0 Å². The Hall–Kier alpha value is -2.29. The van der Waals surface area contributed by atoms with Gasteiger partial charge in [0.15, 0.2) is 0 Å². The molecule has 1 aliphatic carbocycles. The van der Waals surface area contributed by atoms with Crippen LogP contribution in [0, 0.1) is 22.7 Å². The summed E-state index contributed by atoms with van der Waals surface area (Å²) in [6.07, 6.45) is 2.99. The second-order valence-corrected chi connectivity index (χ2v) is 10.1. The van der Waals surface area contributed by atoms with Crippen LogP contribution in [-0.4, -0.2) is 29.0 Å². The molecular formula is C22H31N3O3. The molecule has 3 atom stereocenters. The summed E-state index contributed by atoms with van der Waals surface area (Å²) in [7, 11) is 0. The average Bonchev–Trinajstić information content (AvgIpc) is 2.92. The molecule has 2 heterocycles. The monoisotopic (exact) mass is 385 g/mol. The molecule has 0 bridgehead atoms. The van der Waals surface area contributed by atoms with E-state index in [-0.39, 0.29) is 29.4 Å². The molecular weight excluding hydrogens is 354 g/mol. The van der Waals surface area contributed by atoms with Crippen LogP contribution in [-0.2, 0) is 25.3 Å². The molecule has 2 aliphatic rings. The zero-order valence-electron chi connectivity index (χ0n) is 18.0. The van der Waals surface area contributed by atoms with Crippen LogP contribution in [0.1, 0.15) is 72.4 Å². The van der Waals surface area contributed by atoms with Crippen LogP contribution in [0.2, 0.25) is 0 Å². The minimum Gasteiger partial charge on any atom is -0.465 e. The number of carbonyl (C=O) groups excluding carboxylic acids is 2. The molecule has 1 aliphatic heterocycles. The lowest BCUT2D eigenvalue weighted by molar-refractivity contribution is -0.157. The van der Waals surface area contributed by atoms with E-state index < -0.39 is 17.3 Å². The standard InChI is InChI=1S/C22H31N3O3/c1-8-28-19(27)22(7)16-13(11-23)12-25(20(2,3)4)18(16)24-14-9-21(5,6)10-15(26)17(14)22/h12,14,17,24H,8-10H2,1-7H3/t14-,17+,22-/m1/s1. The number of nitrogens with one attached hydrogen (secondary N) is 1. The Morgan fingerprint density at radius 2 is 2.04 bits per heavy atom. The van der Waals surface area contributed by atoms with Gasteiger partial charge in [-0.1, -0.05) is 13.8 Å². The van der Waals surface area contributed by atoms with Crippen molar-refractivity contribution in [1.82, 2.24) is 4.57 Å². The number of carbonyl (C=O) groups is 2. The van der Waals surface area contributed by atoms with Gasteiger partial charge in [-0.25, -0.2) is 0 Å². The van der Waals surface area contributed by atoms with Crippen molar-refractivity contribution < 1.29 is 14.3 Å². The summed E-state index contributed by atoms with van der Waals surface area (Å²) < 4.78 is 7.46. The lowest BCUT2D eigenvalue weighted by atomic mass is 9.57. The van der Waals surface area contributed by atoms with Crippen LogP contribution < -0.4 is 5.32 Å². The molecule has 1 aromatic heterocycles. The Morgan fingerprint density at radius 3 is 2.57 bits per heavy atom. The molecule has 152 valence electrons. The number of hydrogen-bond donors (Lipinski definition) is 1. The van der Waals surface area contributed by atoms with Crippen molar-refractivity contribution in [1.29, 1.82) is 5.26 Å². The largest absolute Gasteiger partial charge is 0.465 e. The third-order valence-electron chi connectivity index (χ3n) is 6.19. The third kappa shape index (κ3) is 2.92. The number of nitrogens with zero attached hydrogens (tertiary/aromatic N) is 2. The second-order valence-electron chi connectivity index (χ2n) is 10.1. The Morgan fingerprint density at radius 1 is 1.39 bits per heavy atom. The fraction of sp³-hybridized carbons (Fsp3) is 0.682. The lowest BCUT2D eigenvalue weighted by Gasteiger charge is -2.50. The Kier molecular flexibility index (Phi) is 4.65. The van der Waals surface area contributed by atoms with Gasteiger partial charge in [0, 0.05) is 29.8 Å². The number of ether oxygens (including phenoxy) is 1. The molecule has 1 fully saturated rings. The van der Waals surface area contributed by atoms with E-state index in [1.165, 1.54) is 0 Å². The van der Waals surface area contributed by atoms with Crippen molar-refractivity contribution in [2.75, 3.05) is 11.9 Å². The molecule has 0 aromatic carbocycles. The number of esters is 1. The van der Waals surface area contributed by atoms with Gasteiger partial charge in [0.1, 0.15) is 23.1 Å². The third-order valence-corrected chi connectivity index (χ3v) is 6.19. The Labute approximate surface area is 167 Å². The maximum atomic E-state index is 13.3. The molecule has 0 radical (unpaired) electrons. The first kappa shape index (κ1) is 20.4. The molecule has 3 rings (SSSR count). The van der Waals surface area contributed by atoms with Gasteiger partial charge >= 0.3 is 5.97 Å². The highest BCUT2D eigenvalue weighted by Crippen LogP contribution is 2.53. The smallest absolute Gasteiger partial charge is 0.317 e. The number of nitriles is 1. The van der Waals surface area contributed by atoms with E-state index >= 15 is 0 Å². The number of anilines is 1. The normalized spacial score (nSPS) is 28.6. The Balaban J connectivity index is 2.31. The van der Waals surface area contributed by atoms with Gasteiger partial charge in [0.25, 0.3) is 0 Å². The summed E-state index contributed by atoms with van der Waals surface area (Å²) in [5.74, 6) is -0.160. The van der Waals surface area contributed by atoms with Crippen molar-refractivity contribution in [2.24, 2.45) is 11.3 Å². The number of Topliss-reactive ketones (excluding diaryl/α,β-unsaturated/α-hetero) is 1. The Bertz CT molecular complexity index is 869. The molecule has 0 saturated heterocycles. The van der Waals surface area contributed by atoms with Crippen LogP contribution >= 0.6 is 0 Å². The molecule has 0 spiro atoms. The van der Waals surface area contributed by atoms with E-state index in [4.69, 9.17) is 4.74 Å². The predicted octanol–water partition coefficient (Wildman–Crippen LogP) is 3.73. The summed E-state index contributed by atoms with van der Waals surface area (Å²) in [4.78, 5) is 26.5. The van der Waals surface area contributed by atoms with Crippen molar-refractivity contribution >= 4 is 17.6 Å². The molecule has 6 nitrogen and oxygen atoms in total. The minimum atomic E-state index is -1.18. The van der Waals surface area contributed by atoms with E-state index in [1.807, 2.05) is 4.57 Å². The minimum absolute atomic E-state index is 0.0577. The van der Waals surface area contributed by atoms with Gasteiger partial charge in [-0.3, -0.25) is 9.59 Å². The quantitative estimate of drug-likeness (QED) is 0.784. The summed E-state index contributed by atoms with van der Waals surface area (Å²) in [6, 6.07) is 2.07. The summed E-state index contributed by atoms with van der Waals surface area (Å²) in [5, 5.41) is 13.4. The van der Waals surface area contributed by atoms with Crippen molar-refractivity contribution in [3.63, 3.8) is 0 Å². The molecule has 1 N–H and O–H groups in total. The molecule has 0 amide bonds. The van der Waals surface area contributed by atoms with Crippen molar-refractivity contribution in [3.05, 3.63) is 17.3 Å². The van der Waals surface area contributed by atoms with Crippen molar-refractivity contribution in [2.45, 2.75) is 78.3 Å². The number of hydrogen-bond acceptors (Lipinski definition) is 5. The first-order valence-corrected chi connectivity index (χ1v) is 9.99. The number of fused-ring (bicyclic) bond motifs is 2. The molecule has 6 heteroatoms. The van der Waals surface area contributed by atoms with Crippen LogP contribution in [0.15, 0.2) is 6.20 Å². The number of ketones is 1. The van der Waals surface area contributed by atoms with Gasteiger partial charge in [0.2, 0.25) is 0 Å². The highest BCUT2D eigenvalue weighted by molar-refractivity contribution is 5.97. The summed E-state index contributed by atoms with van der Waals surface area (Å²) in [6.45, 7) is 14.1. The van der Waals surface area contributed by atoms with Gasteiger partial charge in [-0.15, -0.1) is 0 Å². The second kappa shape index (κ2) is 6.37. The van der Waals surface area contributed by atoms with E-state index in [2.05, 4.69) is 46.0 Å². The van der Waals surface area contributed by atoms with E-state index in [0.29, 0.717) is 17.5 Å². The first-order chi connectivity index (χ1) is 12.9. The highest BCUT2D eigenvalue weighted by atomic mass is 16.5. The molecule has 0 unspecified atom stereocenters. The fourth-order valence-electron chi connectivity index (χ4n) is 5.08. The van der Waals surface area contributed by atoms with Gasteiger partial charge in [-0.05, 0) is 46.5 Å². The maximum Gasteiger partial charge on any atom is 0.317 e. The SMILES string of the molecule is CCOC(=O)[C@]1(C)c2c(C#N)cn(C(C)(C)C)c2N[C@@H]2CC(C)(C)CC(=O)[C@H]21. The van der Waals surface area contributed by atoms with Crippen molar-refractivity contribution in [3.8, 4) is 6.07 Å². The van der Waals surface area contributed by atoms with Gasteiger partial charge < -0.3 is 14.6 Å². The molecule has 28 heavy (non-hydrogen) atoms. The number of aromatic nitrogens is 1. The van der Waals surface area contributed by atoms with E-state index in [9.17, 15) is 14.9 Å². The van der Waals surface area contributed by atoms with Crippen LogP contribution in [0.25, 0.3) is 0 Å².